The molecule has 3 rings (SSSR count). The standard InChI is InChI=1S/C24H26N2O3/c1-3-8-20-9-4-5-10-21(20)28-15-16-29-23-17-19(12-13-22(23)27-2)18-26-24-11-6-7-14-25-24/h3-7,9-14,17H,1,8,15-16,18H2,2H3,(H,25,26). The van der Waals surface area contributed by atoms with Crippen LogP contribution in [-0.2, 0) is 13.0 Å². The molecule has 1 heterocycles. The Kier molecular flexibility index (Phi) is 7.52. The average molecular weight is 390 g/mol. The fourth-order valence-corrected chi connectivity index (χ4v) is 2.88. The van der Waals surface area contributed by atoms with Gasteiger partial charge in [-0.05, 0) is 47.9 Å². The predicted molar refractivity (Wildman–Crippen MR) is 116 cm³/mol. The van der Waals surface area contributed by atoms with E-state index in [9.17, 15) is 0 Å². The van der Waals surface area contributed by atoms with Crippen molar-refractivity contribution in [2.45, 2.75) is 13.0 Å². The summed E-state index contributed by atoms with van der Waals surface area (Å²) in [6.07, 6.45) is 4.41. The van der Waals surface area contributed by atoms with Gasteiger partial charge in [0.1, 0.15) is 24.8 Å². The van der Waals surface area contributed by atoms with Gasteiger partial charge in [0.05, 0.1) is 7.11 Å². The van der Waals surface area contributed by atoms with Crippen LogP contribution in [0.5, 0.6) is 17.2 Å². The van der Waals surface area contributed by atoms with E-state index < -0.39 is 0 Å². The van der Waals surface area contributed by atoms with E-state index in [-0.39, 0.29) is 0 Å². The number of anilines is 1. The highest BCUT2D eigenvalue weighted by Crippen LogP contribution is 2.28. The average Bonchev–Trinajstić information content (AvgIpc) is 2.77. The van der Waals surface area contributed by atoms with Gasteiger partial charge in [-0.3, -0.25) is 0 Å². The van der Waals surface area contributed by atoms with Crippen LogP contribution < -0.4 is 19.5 Å². The Bertz CT molecular complexity index is 913. The van der Waals surface area contributed by atoms with E-state index >= 15 is 0 Å². The maximum absolute atomic E-state index is 5.93. The molecular weight excluding hydrogens is 364 g/mol. The molecule has 0 spiro atoms. The second-order valence-corrected chi connectivity index (χ2v) is 6.35. The summed E-state index contributed by atoms with van der Waals surface area (Å²) in [6, 6.07) is 19.6. The molecule has 1 aromatic heterocycles. The molecule has 0 aliphatic rings. The number of pyridine rings is 1. The third-order valence-corrected chi connectivity index (χ3v) is 4.30. The van der Waals surface area contributed by atoms with Gasteiger partial charge in [-0.25, -0.2) is 4.98 Å². The number of para-hydroxylation sites is 1. The maximum atomic E-state index is 5.93. The Morgan fingerprint density at radius 1 is 0.931 bits per heavy atom. The fourth-order valence-electron chi connectivity index (χ4n) is 2.88. The summed E-state index contributed by atoms with van der Waals surface area (Å²) in [6.45, 7) is 5.28. The number of hydrogen-bond acceptors (Lipinski definition) is 5. The zero-order valence-corrected chi connectivity index (χ0v) is 16.6. The summed E-state index contributed by atoms with van der Waals surface area (Å²) in [4.78, 5) is 4.27. The summed E-state index contributed by atoms with van der Waals surface area (Å²) in [7, 11) is 1.63. The van der Waals surface area contributed by atoms with Crippen molar-refractivity contribution in [2.75, 3.05) is 25.6 Å². The van der Waals surface area contributed by atoms with Gasteiger partial charge in [0.2, 0.25) is 0 Å². The number of allylic oxidation sites excluding steroid dienone is 1. The van der Waals surface area contributed by atoms with E-state index in [2.05, 4.69) is 16.9 Å². The van der Waals surface area contributed by atoms with Gasteiger partial charge in [0.25, 0.3) is 0 Å². The molecule has 0 aliphatic heterocycles. The predicted octanol–water partition coefficient (Wildman–Crippen LogP) is 4.89. The van der Waals surface area contributed by atoms with Crippen molar-refractivity contribution in [3.63, 3.8) is 0 Å². The van der Waals surface area contributed by atoms with Gasteiger partial charge in [0, 0.05) is 12.7 Å². The highest BCUT2D eigenvalue weighted by atomic mass is 16.5. The minimum Gasteiger partial charge on any atom is -0.493 e. The van der Waals surface area contributed by atoms with Crippen LogP contribution in [0.1, 0.15) is 11.1 Å². The molecule has 2 aromatic carbocycles. The largest absolute Gasteiger partial charge is 0.493 e. The van der Waals surface area contributed by atoms with E-state index in [4.69, 9.17) is 14.2 Å². The molecule has 1 N–H and O–H groups in total. The quantitative estimate of drug-likeness (QED) is 0.373. The normalized spacial score (nSPS) is 10.2. The summed E-state index contributed by atoms with van der Waals surface area (Å²) < 4.78 is 17.2. The van der Waals surface area contributed by atoms with Crippen LogP contribution in [0.2, 0.25) is 0 Å². The lowest BCUT2D eigenvalue weighted by molar-refractivity contribution is 0.210. The Hall–Kier alpha value is -3.47. The van der Waals surface area contributed by atoms with Gasteiger partial charge in [0.15, 0.2) is 11.5 Å². The van der Waals surface area contributed by atoms with Crippen molar-refractivity contribution >= 4 is 5.82 Å². The number of rotatable bonds is 11. The first-order chi connectivity index (χ1) is 14.3. The van der Waals surface area contributed by atoms with Crippen molar-refractivity contribution in [3.05, 3.63) is 90.6 Å². The zero-order chi connectivity index (χ0) is 20.3. The number of benzene rings is 2. The minimum absolute atomic E-state index is 0.413. The SMILES string of the molecule is C=CCc1ccccc1OCCOc1cc(CNc2ccccn2)ccc1OC. The second kappa shape index (κ2) is 10.8. The van der Waals surface area contributed by atoms with Gasteiger partial charge in [-0.1, -0.05) is 36.4 Å². The van der Waals surface area contributed by atoms with Crippen LogP contribution >= 0.6 is 0 Å². The first-order valence-corrected chi connectivity index (χ1v) is 9.56. The summed E-state index contributed by atoms with van der Waals surface area (Å²) in [5, 5.41) is 3.29. The Balaban J connectivity index is 1.56. The van der Waals surface area contributed by atoms with E-state index in [1.54, 1.807) is 13.3 Å². The van der Waals surface area contributed by atoms with E-state index in [0.717, 1.165) is 29.1 Å². The molecule has 0 amide bonds. The van der Waals surface area contributed by atoms with Crippen molar-refractivity contribution in [1.29, 1.82) is 0 Å². The summed E-state index contributed by atoms with van der Waals surface area (Å²) >= 11 is 0. The van der Waals surface area contributed by atoms with Crippen molar-refractivity contribution < 1.29 is 14.2 Å². The number of nitrogens with one attached hydrogen (secondary N) is 1. The molecule has 5 nitrogen and oxygen atoms in total. The Morgan fingerprint density at radius 3 is 2.48 bits per heavy atom. The van der Waals surface area contributed by atoms with Gasteiger partial charge in [-0.15, -0.1) is 6.58 Å². The number of methoxy groups -OCH3 is 1. The van der Waals surface area contributed by atoms with Crippen molar-refractivity contribution in [2.24, 2.45) is 0 Å². The monoisotopic (exact) mass is 390 g/mol. The molecule has 29 heavy (non-hydrogen) atoms. The number of hydrogen-bond donors (Lipinski definition) is 1. The molecule has 0 fully saturated rings. The highest BCUT2D eigenvalue weighted by molar-refractivity contribution is 5.44. The molecule has 3 aromatic rings. The molecular formula is C24H26N2O3. The van der Waals surface area contributed by atoms with E-state index in [0.29, 0.717) is 31.3 Å². The lowest BCUT2D eigenvalue weighted by atomic mass is 10.1. The van der Waals surface area contributed by atoms with Gasteiger partial charge >= 0.3 is 0 Å². The van der Waals surface area contributed by atoms with Crippen LogP contribution in [0.15, 0.2) is 79.5 Å². The van der Waals surface area contributed by atoms with Crippen molar-refractivity contribution in [1.82, 2.24) is 4.98 Å². The highest BCUT2D eigenvalue weighted by Gasteiger charge is 2.07. The maximum Gasteiger partial charge on any atom is 0.161 e. The number of aromatic nitrogens is 1. The lowest BCUT2D eigenvalue weighted by Gasteiger charge is -2.14. The van der Waals surface area contributed by atoms with Crippen LogP contribution in [0.25, 0.3) is 0 Å². The van der Waals surface area contributed by atoms with Crippen LogP contribution in [0.4, 0.5) is 5.82 Å². The van der Waals surface area contributed by atoms with E-state index in [1.165, 1.54) is 0 Å². The van der Waals surface area contributed by atoms with Gasteiger partial charge in [-0.2, -0.15) is 0 Å². The summed E-state index contributed by atoms with van der Waals surface area (Å²) in [5.41, 5.74) is 2.19. The molecule has 0 radical (unpaired) electrons. The van der Waals surface area contributed by atoms with Crippen molar-refractivity contribution in [3.8, 4) is 17.2 Å². The summed E-state index contributed by atoms with van der Waals surface area (Å²) in [5.74, 6) is 3.07. The first kappa shape index (κ1) is 20.3. The molecule has 150 valence electrons. The first-order valence-electron chi connectivity index (χ1n) is 9.56. The molecule has 5 heteroatoms. The van der Waals surface area contributed by atoms with Crippen LogP contribution in [0, 0.1) is 0 Å². The Morgan fingerprint density at radius 2 is 1.72 bits per heavy atom. The molecule has 0 unspecified atom stereocenters. The molecule has 0 bridgehead atoms. The molecule has 0 saturated heterocycles. The van der Waals surface area contributed by atoms with Crippen LogP contribution in [0.3, 0.4) is 0 Å². The lowest BCUT2D eigenvalue weighted by Crippen LogP contribution is -2.11. The van der Waals surface area contributed by atoms with Crippen LogP contribution in [-0.4, -0.2) is 25.3 Å². The van der Waals surface area contributed by atoms with E-state index in [1.807, 2.05) is 66.7 Å². The topological polar surface area (TPSA) is 52.6 Å². The molecule has 0 atom stereocenters. The zero-order valence-electron chi connectivity index (χ0n) is 16.6. The Labute approximate surface area is 172 Å². The molecule has 0 aliphatic carbocycles. The third kappa shape index (κ3) is 6.01. The minimum atomic E-state index is 0.413. The fraction of sp³-hybridized carbons (Fsp3) is 0.208. The second-order valence-electron chi connectivity index (χ2n) is 6.35. The number of ether oxygens (including phenoxy) is 3. The third-order valence-electron chi connectivity index (χ3n) is 4.30. The van der Waals surface area contributed by atoms with Gasteiger partial charge < -0.3 is 19.5 Å². The smallest absolute Gasteiger partial charge is 0.161 e. The number of nitrogens with zero attached hydrogens (tertiary/aromatic N) is 1. The molecule has 0 saturated carbocycles.